The van der Waals surface area contributed by atoms with Gasteiger partial charge >= 0.3 is 0 Å². The van der Waals surface area contributed by atoms with Crippen molar-refractivity contribution in [2.24, 2.45) is 4.99 Å². The molecule has 0 aliphatic rings. The molecule has 0 radical (unpaired) electrons. The fourth-order valence-electron chi connectivity index (χ4n) is 0.837. The van der Waals surface area contributed by atoms with E-state index in [2.05, 4.69) is 26.7 Å². The van der Waals surface area contributed by atoms with Gasteiger partial charge in [-0.1, -0.05) is 0 Å². The van der Waals surface area contributed by atoms with E-state index in [0.29, 0.717) is 5.82 Å². The highest BCUT2D eigenvalue weighted by Gasteiger charge is 2.09. The third kappa shape index (κ3) is 2.21. The quantitative estimate of drug-likeness (QED) is 0.485. The molecule has 7 heteroatoms. The van der Waals surface area contributed by atoms with Crippen LogP contribution in [0.15, 0.2) is 4.99 Å². The van der Waals surface area contributed by atoms with Crippen molar-refractivity contribution < 1.29 is 10.2 Å². The topological polar surface area (TPSA) is 94.7 Å². The Hall–Kier alpha value is -1.60. The number of anilines is 1. The lowest BCUT2D eigenvalue weighted by Crippen LogP contribution is -2.27. The highest BCUT2D eigenvalue weighted by Crippen LogP contribution is 2.10. The van der Waals surface area contributed by atoms with Crippen molar-refractivity contribution in [2.45, 2.75) is 6.92 Å². The van der Waals surface area contributed by atoms with Gasteiger partial charge < -0.3 is 10.2 Å². The minimum Gasteiger partial charge on any atom is -0.376 e. The maximum Gasteiger partial charge on any atom is 0.253 e. The Labute approximate surface area is 80.8 Å². The molecule has 0 saturated heterocycles. The van der Waals surface area contributed by atoms with E-state index < -0.39 is 0 Å². The second kappa shape index (κ2) is 4.58. The van der Waals surface area contributed by atoms with Gasteiger partial charge in [0.1, 0.15) is 19.3 Å². The Kier molecular flexibility index (Phi) is 3.43. The first-order chi connectivity index (χ1) is 6.71. The van der Waals surface area contributed by atoms with Gasteiger partial charge in [0.15, 0.2) is 0 Å². The lowest BCUT2D eigenvalue weighted by Gasteiger charge is -2.16. The number of hydrogen-bond donors (Lipinski definition) is 2. The second-order valence-corrected chi connectivity index (χ2v) is 2.46. The predicted octanol–water partition coefficient (Wildman–Crippen LogP) is -0.782. The lowest BCUT2D eigenvalue weighted by atomic mass is 10.6. The van der Waals surface area contributed by atoms with Crippen LogP contribution in [0.4, 0.5) is 11.9 Å². The SMILES string of the molecule is C=Nc1nc(C)nc(N(CO)CO)n1. The number of aliphatic imine (C=N–C) groups is 1. The summed E-state index contributed by atoms with van der Waals surface area (Å²) in [6.45, 7) is 4.18. The summed E-state index contributed by atoms with van der Waals surface area (Å²) in [6, 6.07) is 0. The van der Waals surface area contributed by atoms with E-state index in [0.717, 1.165) is 4.90 Å². The second-order valence-electron chi connectivity index (χ2n) is 2.46. The summed E-state index contributed by atoms with van der Waals surface area (Å²) >= 11 is 0. The van der Waals surface area contributed by atoms with E-state index in [1.807, 2.05) is 0 Å². The fourth-order valence-corrected chi connectivity index (χ4v) is 0.837. The Morgan fingerprint density at radius 1 is 1.29 bits per heavy atom. The molecule has 0 amide bonds. The minimum absolute atomic E-state index is 0.166. The van der Waals surface area contributed by atoms with Crippen LogP contribution in [-0.4, -0.2) is 45.3 Å². The predicted molar refractivity (Wildman–Crippen MR) is 50.4 cm³/mol. The monoisotopic (exact) mass is 197 g/mol. The molecule has 0 fully saturated rings. The highest BCUT2D eigenvalue weighted by atomic mass is 16.3. The molecule has 0 atom stereocenters. The molecule has 0 aliphatic carbocycles. The summed E-state index contributed by atoms with van der Waals surface area (Å²) in [4.78, 5) is 16.3. The van der Waals surface area contributed by atoms with Crippen LogP contribution in [-0.2, 0) is 0 Å². The summed E-state index contributed by atoms with van der Waals surface area (Å²) in [5.41, 5.74) is 0. The van der Waals surface area contributed by atoms with Crippen LogP contribution < -0.4 is 4.90 Å². The zero-order chi connectivity index (χ0) is 10.6. The normalized spacial score (nSPS) is 9.93. The highest BCUT2D eigenvalue weighted by molar-refractivity contribution is 5.38. The standard InChI is InChI=1S/C7H11N5O2/c1-5-9-6(8-2)11-7(10-5)12(3-13)4-14/h13-14H,2-4H2,1H3. The maximum atomic E-state index is 8.85. The average Bonchev–Trinajstić information content (AvgIpc) is 2.19. The van der Waals surface area contributed by atoms with Gasteiger partial charge in [-0.15, -0.1) is 0 Å². The van der Waals surface area contributed by atoms with Crippen LogP contribution in [0.2, 0.25) is 0 Å². The van der Waals surface area contributed by atoms with Crippen molar-refractivity contribution in [3.63, 3.8) is 0 Å². The molecule has 0 aromatic carbocycles. The van der Waals surface area contributed by atoms with E-state index in [1.165, 1.54) is 0 Å². The van der Waals surface area contributed by atoms with Crippen molar-refractivity contribution in [3.8, 4) is 0 Å². The van der Waals surface area contributed by atoms with Crippen LogP contribution in [0, 0.1) is 6.92 Å². The maximum absolute atomic E-state index is 8.85. The van der Waals surface area contributed by atoms with Crippen molar-refractivity contribution in [1.29, 1.82) is 0 Å². The number of nitrogens with zero attached hydrogens (tertiary/aromatic N) is 5. The van der Waals surface area contributed by atoms with Gasteiger partial charge in [0.2, 0.25) is 5.95 Å². The van der Waals surface area contributed by atoms with Gasteiger partial charge in [0.05, 0.1) is 0 Å². The van der Waals surface area contributed by atoms with E-state index in [-0.39, 0.29) is 25.4 Å². The van der Waals surface area contributed by atoms with Gasteiger partial charge in [-0.25, -0.2) is 4.99 Å². The average molecular weight is 197 g/mol. The molecular weight excluding hydrogens is 186 g/mol. The molecule has 1 aromatic heterocycles. The molecule has 0 aliphatic heterocycles. The first-order valence-corrected chi connectivity index (χ1v) is 3.87. The molecule has 0 bridgehead atoms. The number of aliphatic hydroxyl groups is 2. The van der Waals surface area contributed by atoms with E-state index in [4.69, 9.17) is 10.2 Å². The molecule has 7 nitrogen and oxygen atoms in total. The van der Waals surface area contributed by atoms with Gasteiger partial charge in [0, 0.05) is 0 Å². The van der Waals surface area contributed by atoms with Crippen molar-refractivity contribution >= 4 is 18.6 Å². The molecule has 1 aromatic rings. The van der Waals surface area contributed by atoms with Gasteiger partial charge in [-0.2, -0.15) is 15.0 Å². The Morgan fingerprint density at radius 3 is 2.43 bits per heavy atom. The zero-order valence-electron chi connectivity index (χ0n) is 7.75. The van der Waals surface area contributed by atoms with E-state index in [1.54, 1.807) is 6.92 Å². The molecule has 0 saturated carbocycles. The summed E-state index contributed by atoms with van der Waals surface area (Å²) in [5.74, 6) is 0.786. The Bertz CT molecular complexity index is 326. The first kappa shape index (κ1) is 10.5. The Morgan fingerprint density at radius 2 is 1.93 bits per heavy atom. The number of aliphatic hydroxyl groups excluding tert-OH is 2. The first-order valence-electron chi connectivity index (χ1n) is 3.87. The summed E-state index contributed by atoms with van der Waals surface area (Å²) in [5, 5.41) is 17.7. The van der Waals surface area contributed by atoms with Crippen molar-refractivity contribution in [1.82, 2.24) is 15.0 Å². The number of aromatic nitrogens is 3. The smallest absolute Gasteiger partial charge is 0.253 e. The number of hydrogen-bond acceptors (Lipinski definition) is 7. The molecule has 76 valence electrons. The summed E-state index contributed by atoms with van der Waals surface area (Å²) < 4.78 is 0. The molecular formula is C7H11N5O2. The molecule has 0 spiro atoms. The molecule has 0 unspecified atom stereocenters. The van der Waals surface area contributed by atoms with Crippen molar-refractivity contribution in [2.75, 3.05) is 18.4 Å². The van der Waals surface area contributed by atoms with Gasteiger partial charge in [-0.3, -0.25) is 4.90 Å². The molecule has 1 heterocycles. The largest absolute Gasteiger partial charge is 0.376 e. The van der Waals surface area contributed by atoms with Gasteiger partial charge in [0.25, 0.3) is 5.95 Å². The minimum atomic E-state index is -0.378. The molecule has 1 rings (SSSR count). The zero-order valence-corrected chi connectivity index (χ0v) is 7.75. The third-order valence-corrected chi connectivity index (χ3v) is 1.49. The fraction of sp³-hybridized carbons (Fsp3) is 0.429. The lowest BCUT2D eigenvalue weighted by molar-refractivity contribution is 0.220. The third-order valence-electron chi connectivity index (χ3n) is 1.49. The number of aryl methyl sites for hydroxylation is 1. The number of rotatable bonds is 4. The Balaban J connectivity index is 3.07. The molecule has 14 heavy (non-hydrogen) atoms. The summed E-state index contributed by atoms with van der Waals surface area (Å²) in [6.07, 6.45) is 0. The van der Waals surface area contributed by atoms with E-state index in [9.17, 15) is 0 Å². The van der Waals surface area contributed by atoms with Crippen LogP contribution in [0.25, 0.3) is 0 Å². The summed E-state index contributed by atoms with van der Waals surface area (Å²) in [7, 11) is 0. The van der Waals surface area contributed by atoms with Gasteiger partial charge in [-0.05, 0) is 13.6 Å². The van der Waals surface area contributed by atoms with Crippen LogP contribution in [0.1, 0.15) is 5.82 Å². The van der Waals surface area contributed by atoms with E-state index >= 15 is 0 Å². The van der Waals surface area contributed by atoms with Crippen molar-refractivity contribution in [3.05, 3.63) is 5.82 Å². The van der Waals surface area contributed by atoms with Crippen LogP contribution >= 0.6 is 0 Å². The van der Waals surface area contributed by atoms with Crippen LogP contribution in [0.3, 0.4) is 0 Å². The van der Waals surface area contributed by atoms with Crippen LogP contribution in [0.5, 0.6) is 0 Å². The molecule has 2 N–H and O–H groups in total.